The molecule has 42 heavy (non-hydrogen) atoms. The summed E-state index contributed by atoms with van der Waals surface area (Å²) in [7, 11) is 0. The van der Waals surface area contributed by atoms with Gasteiger partial charge in [0.15, 0.2) is 0 Å². The minimum absolute atomic E-state index is 0.281. The minimum atomic E-state index is -0.444. The second kappa shape index (κ2) is 11.8. The molecule has 4 aromatic rings. The number of nitrogens with zero attached hydrogens (tertiary/aromatic N) is 1. The number of amides is 3. The van der Waals surface area contributed by atoms with Gasteiger partial charge in [-0.25, -0.2) is 9.37 Å². The van der Waals surface area contributed by atoms with E-state index in [0.717, 1.165) is 0 Å². The number of fused-ring (bicyclic) bond motifs is 1. The van der Waals surface area contributed by atoms with Gasteiger partial charge in [-0.1, -0.05) is 11.6 Å². The van der Waals surface area contributed by atoms with Crippen molar-refractivity contribution in [1.29, 1.82) is 0 Å². The Bertz CT molecular complexity index is 1750. The van der Waals surface area contributed by atoms with E-state index < -0.39 is 5.82 Å². The van der Waals surface area contributed by atoms with E-state index in [-0.39, 0.29) is 17.7 Å². The SMILES string of the molecule is Cc1[nH]c(/C=C2\C(=O)Nc3ccc(F)cc32)c(C)c1C(=O)NCCNc1ccc(C(=O)Nc2ccc(Cl)cc2N)cn1. The van der Waals surface area contributed by atoms with Crippen molar-refractivity contribution in [1.82, 2.24) is 15.3 Å². The number of nitrogen functional groups attached to an aromatic ring is 1. The third kappa shape index (κ3) is 5.96. The molecule has 0 aliphatic carbocycles. The third-order valence-electron chi connectivity index (χ3n) is 6.76. The fourth-order valence-corrected chi connectivity index (χ4v) is 4.82. The highest BCUT2D eigenvalue weighted by molar-refractivity contribution is 6.35. The molecule has 5 rings (SSSR count). The van der Waals surface area contributed by atoms with Gasteiger partial charge in [-0.3, -0.25) is 14.4 Å². The molecule has 0 radical (unpaired) electrons. The van der Waals surface area contributed by atoms with Crippen molar-refractivity contribution in [3.8, 4) is 0 Å². The molecule has 12 heteroatoms. The molecule has 2 aromatic carbocycles. The third-order valence-corrected chi connectivity index (χ3v) is 7.00. The zero-order valence-electron chi connectivity index (χ0n) is 22.7. The molecule has 0 bridgehead atoms. The van der Waals surface area contributed by atoms with Crippen molar-refractivity contribution in [3.05, 3.63) is 99.2 Å². The maximum Gasteiger partial charge on any atom is 0.257 e. The lowest BCUT2D eigenvalue weighted by molar-refractivity contribution is -0.110. The molecule has 0 fully saturated rings. The Balaban J connectivity index is 1.16. The molecule has 3 heterocycles. The Morgan fingerprint density at radius 3 is 2.62 bits per heavy atom. The number of nitrogens with one attached hydrogen (secondary N) is 5. The van der Waals surface area contributed by atoms with Crippen molar-refractivity contribution in [2.45, 2.75) is 13.8 Å². The first kappa shape index (κ1) is 28.4. The monoisotopic (exact) mass is 587 g/mol. The van der Waals surface area contributed by atoms with Gasteiger partial charge in [0.25, 0.3) is 17.7 Å². The summed E-state index contributed by atoms with van der Waals surface area (Å²) in [4.78, 5) is 45.4. The number of aromatic nitrogens is 2. The normalized spacial score (nSPS) is 13.0. The Hall–Kier alpha value is -5.16. The van der Waals surface area contributed by atoms with Crippen LogP contribution in [0.25, 0.3) is 11.6 Å². The number of hydrogen-bond acceptors (Lipinski definition) is 6. The number of benzene rings is 2. The highest BCUT2D eigenvalue weighted by Crippen LogP contribution is 2.34. The fraction of sp³-hybridized carbons (Fsp3) is 0.133. The number of hydrogen-bond donors (Lipinski definition) is 6. The molecule has 2 aromatic heterocycles. The van der Waals surface area contributed by atoms with Crippen LogP contribution in [0.2, 0.25) is 5.02 Å². The molecule has 3 amide bonds. The van der Waals surface area contributed by atoms with Crippen molar-refractivity contribution >= 4 is 63.9 Å². The van der Waals surface area contributed by atoms with Crippen LogP contribution < -0.4 is 27.0 Å². The van der Waals surface area contributed by atoms with Gasteiger partial charge < -0.3 is 32.0 Å². The maximum absolute atomic E-state index is 13.8. The summed E-state index contributed by atoms with van der Waals surface area (Å²) in [6, 6.07) is 12.2. The molecule has 1 aliphatic heterocycles. The summed E-state index contributed by atoms with van der Waals surface area (Å²) < 4.78 is 13.8. The van der Waals surface area contributed by atoms with E-state index in [1.54, 1.807) is 50.3 Å². The first-order valence-electron chi connectivity index (χ1n) is 13.0. The van der Waals surface area contributed by atoms with Crippen LogP contribution >= 0.6 is 11.6 Å². The summed E-state index contributed by atoms with van der Waals surface area (Å²) >= 11 is 5.90. The van der Waals surface area contributed by atoms with E-state index in [0.29, 0.717) is 80.2 Å². The Labute approximate surface area is 245 Å². The lowest BCUT2D eigenvalue weighted by Gasteiger charge is -2.10. The van der Waals surface area contributed by atoms with Crippen LogP contribution in [-0.2, 0) is 4.79 Å². The van der Waals surface area contributed by atoms with Gasteiger partial charge in [0.1, 0.15) is 11.6 Å². The van der Waals surface area contributed by atoms with Gasteiger partial charge in [0.2, 0.25) is 0 Å². The molecule has 0 unspecified atom stereocenters. The first-order chi connectivity index (χ1) is 20.1. The van der Waals surface area contributed by atoms with E-state index in [2.05, 4.69) is 31.2 Å². The van der Waals surface area contributed by atoms with Gasteiger partial charge >= 0.3 is 0 Å². The van der Waals surface area contributed by atoms with Crippen molar-refractivity contribution in [2.24, 2.45) is 0 Å². The smallest absolute Gasteiger partial charge is 0.257 e. The molecule has 0 saturated carbocycles. The fourth-order valence-electron chi connectivity index (χ4n) is 4.64. The Kier molecular flexibility index (Phi) is 7.94. The second-order valence-corrected chi connectivity index (χ2v) is 10.1. The number of carbonyl (C=O) groups is 3. The van der Waals surface area contributed by atoms with Crippen LogP contribution in [0.3, 0.4) is 0 Å². The number of halogens is 2. The van der Waals surface area contributed by atoms with Gasteiger partial charge in [-0.2, -0.15) is 0 Å². The van der Waals surface area contributed by atoms with Crippen LogP contribution in [0.15, 0.2) is 54.7 Å². The van der Waals surface area contributed by atoms with Crippen LogP contribution in [-0.4, -0.2) is 40.8 Å². The van der Waals surface area contributed by atoms with Gasteiger partial charge in [0.05, 0.1) is 28.1 Å². The van der Waals surface area contributed by atoms with Crippen LogP contribution in [0.1, 0.15) is 43.2 Å². The molecule has 0 spiro atoms. The van der Waals surface area contributed by atoms with E-state index in [1.807, 2.05) is 0 Å². The predicted molar refractivity (Wildman–Crippen MR) is 162 cm³/mol. The van der Waals surface area contributed by atoms with Crippen molar-refractivity contribution in [2.75, 3.05) is 34.8 Å². The second-order valence-electron chi connectivity index (χ2n) is 9.67. The number of aromatic amines is 1. The number of anilines is 4. The maximum atomic E-state index is 13.8. The highest BCUT2D eigenvalue weighted by Gasteiger charge is 2.26. The summed E-state index contributed by atoms with van der Waals surface area (Å²) in [6.07, 6.45) is 3.06. The van der Waals surface area contributed by atoms with Gasteiger partial charge in [0, 0.05) is 46.9 Å². The quantitative estimate of drug-likeness (QED) is 0.0970. The Morgan fingerprint density at radius 2 is 1.88 bits per heavy atom. The average Bonchev–Trinajstić information content (AvgIpc) is 3.42. The van der Waals surface area contributed by atoms with Crippen molar-refractivity contribution in [3.63, 3.8) is 0 Å². The first-order valence-corrected chi connectivity index (χ1v) is 13.3. The van der Waals surface area contributed by atoms with E-state index >= 15 is 0 Å². The lowest BCUT2D eigenvalue weighted by atomic mass is 10.0. The number of rotatable bonds is 8. The summed E-state index contributed by atoms with van der Waals surface area (Å²) in [5.41, 5.74) is 10.7. The largest absolute Gasteiger partial charge is 0.397 e. The number of aryl methyl sites for hydroxylation is 1. The zero-order chi connectivity index (χ0) is 30.0. The zero-order valence-corrected chi connectivity index (χ0v) is 23.4. The summed E-state index contributed by atoms with van der Waals surface area (Å²) in [5, 5.41) is 11.9. The number of pyridine rings is 1. The molecule has 10 nitrogen and oxygen atoms in total. The molecule has 0 saturated heterocycles. The molecule has 7 N–H and O–H groups in total. The van der Waals surface area contributed by atoms with Crippen LogP contribution in [0, 0.1) is 19.7 Å². The molecular weight excluding hydrogens is 561 g/mol. The van der Waals surface area contributed by atoms with E-state index in [4.69, 9.17) is 17.3 Å². The Morgan fingerprint density at radius 1 is 1.07 bits per heavy atom. The van der Waals surface area contributed by atoms with Crippen LogP contribution in [0.5, 0.6) is 0 Å². The molecule has 1 aliphatic rings. The molecular formula is C30H27ClFN7O3. The lowest BCUT2D eigenvalue weighted by Crippen LogP contribution is -2.29. The van der Waals surface area contributed by atoms with Crippen molar-refractivity contribution < 1.29 is 18.8 Å². The molecule has 214 valence electrons. The summed E-state index contributed by atoms with van der Waals surface area (Å²) in [6.45, 7) is 4.24. The summed E-state index contributed by atoms with van der Waals surface area (Å²) in [5.74, 6) is -0.904. The average molecular weight is 588 g/mol. The van der Waals surface area contributed by atoms with E-state index in [1.165, 1.54) is 24.4 Å². The number of nitrogens with two attached hydrogens (primary N) is 1. The topological polar surface area (TPSA) is 154 Å². The van der Waals surface area contributed by atoms with Crippen LogP contribution in [0.4, 0.5) is 27.3 Å². The number of H-pyrrole nitrogens is 1. The van der Waals surface area contributed by atoms with Gasteiger partial charge in [-0.15, -0.1) is 0 Å². The highest BCUT2D eigenvalue weighted by atomic mass is 35.5. The van der Waals surface area contributed by atoms with Gasteiger partial charge in [-0.05, 0) is 74.0 Å². The standard InChI is InChI=1S/C30H27ClFN7O3/c1-15-25(13-21-20-12-19(32)5-7-23(20)38-29(21)41)37-16(2)27(15)30(42)35-10-9-34-26-8-3-17(14-36-26)28(40)39-24-6-4-18(31)11-22(24)33/h3-8,11-14,37H,9-10,33H2,1-2H3,(H,34,36)(H,35,42)(H,38,41)(H,39,40)/b21-13-. The predicted octanol–water partition coefficient (Wildman–Crippen LogP) is 4.99. The minimum Gasteiger partial charge on any atom is -0.397 e. The number of carbonyl (C=O) groups excluding carboxylic acids is 3. The van der Waals surface area contributed by atoms with E-state index in [9.17, 15) is 18.8 Å². The molecule has 0 atom stereocenters.